The first-order valence-electron chi connectivity index (χ1n) is 7.24. The highest BCUT2D eigenvalue weighted by atomic mass is 32.1. The first-order chi connectivity index (χ1) is 12.1. The fourth-order valence-corrected chi connectivity index (χ4v) is 4.83. The second-order valence-electron chi connectivity index (χ2n) is 5.36. The lowest BCUT2D eigenvalue weighted by Crippen LogP contribution is -2.30. The van der Waals surface area contributed by atoms with E-state index in [-0.39, 0.29) is 11.4 Å². The van der Waals surface area contributed by atoms with Gasteiger partial charge in [-0.1, -0.05) is 11.3 Å². The van der Waals surface area contributed by atoms with Crippen molar-refractivity contribution < 1.29 is 14.7 Å². The van der Waals surface area contributed by atoms with Gasteiger partial charge in [-0.15, -0.1) is 21.5 Å². The summed E-state index contributed by atoms with van der Waals surface area (Å²) in [4.78, 5) is 28.5. The number of nitrogens with zero attached hydrogens (tertiary/aromatic N) is 3. The van der Waals surface area contributed by atoms with Crippen molar-refractivity contribution in [1.29, 1.82) is 0 Å². The van der Waals surface area contributed by atoms with E-state index in [9.17, 15) is 14.7 Å². The van der Waals surface area contributed by atoms with Crippen molar-refractivity contribution in [1.82, 2.24) is 10.2 Å². The Balaban J connectivity index is 1.85. The van der Waals surface area contributed by atoms with Crippen LogP contribution in [0, 0.1) is 6.92 Å². The van der Waals surface area contributed by atoms with Crippen LogP contribution in [0.15, 0.2) is 45.8 Å². The van der Waals surface area contributed by atoms with Crippen molar-refractivity contribution in [3.05, 3.63) is 61.1 Å². The number of carbonyl (C=O) groups is 2. The zero-order valence-electron chi connectivity index (χ0n) is 12.9. The number of rotatable bonds is 4. The Hall–Kier alpha value is -2.36. The number of aryl methyl sites for hydroxylation is 1. The average Bonchev–Trinajstić information content (AvgIpc) is 3.36. The summed E-state index contributed by atoms with van der Waals surface area (Å²) in [5.74, 6) is -1.50. The molecule has 1 N–H and O–H groups in total. The minimum atomic E-state index is -0.707. The normalized spacial score (nSPS) is 17.6. The topological polar surface area (TPSA) is 83.4 Å². The number of thiophene rings is 2. The number of aromatic nitrogens is 2. The van der Waals surface area contributed by atoms with E-state index < -0.39 is 17.7 Å². The summed E-state index contributed by atoms with van der Waals surface area (Å²) in [5.41, 5.74) is 2.35. The molecule has 3 aromatic heterocycles. The number of Topliss-reactive ketones (excluding diaryl/α,β-unsaturated/α-hetero) is 1. The van der Waals surface area contributed by atoms with Crippen molar-refractivity contribution in [2.24, 2.45) is 0 Å². The third-order valence-corrected chi connectivity index (χ3v) is 6.22. The lowest BCUT2D eigenvalue weighted by atomic mass is 9.98. The van der Waals surface area contributed by atoms with Gasteiger partial charge < -0.3 is 5.11 Å². The van der Waals surface area contributed by atoms with Gasteiger partial charge in [0, 0.05) is 4.88 Å². The first kappa shape index (κ1) is 16.1. The van der Waals surface area contributed by atoms with Gasteiger partial charge in [0.05, 0.1) is 16.5 Å². The summed E-state index contributed by atoms with van der Waals surface area (Å²) < 4.78 is 0. The van der Waals surface area contributed by atoms with Crippen LogP contribution in [-0.4, -0.2) is 27.0 Å². The van der Waals surface area contributed by atoms with Crippen LogP contribution in [-0.2, 0) is 4.79 Å². The Bertz CT molecular complexity index is 974. The Morgan fingerprint density at radius 2 is 2.16 bits per heavy atom. The van der Waals surface area contributed by atoms with Crippen molar-refractivity contribution >= 4 is 50.8 Å². The molecule has 0 saturated heterocycles. The molecule has 6 nitrogen and oxygen atoms in total. The van der Waals surface area contributed by atoms with E-state index in [1.54, 1.807) is 6.07 Å². The van der Waals surface area contributed by atoms with Gasteiger partial charge in [-0.05, 0) is 41.4 Å². The van der Waals surface area contributed by atoms with Gasteiger partial charge in [0.15, 0.2) is 5.76 Å². The molecule has 0 aromatic carbocycles. The Morgan fingerprint density at radius 1 is 1.32 bits per heavy atom. The smallest absolute Gasteiger partial charge is 0.296 e. The molecule has 0 bridgehead atoms. The van der Waals surface area contributed by atoms with Crippen LogP contribution in [0.2, 0.25) is 0 Å². The van der Waals surface area contributed by atoms with E-state index in [1.165, 1.54) is 44.4 Å². The third kappa shape index (κ3) is 2.60. The molecule has 0 saturated carbocycles. The summed E-state index contributed by atoms with van der Waals surface area (Å²) in [5, 5.41) is 22.2. The molecule has 0 aliphatic carbocycles. The van der Waals surface area contributed by atoms with E-state index in [4.69, 9.17) is 0 Å². The molecule has 9 heteroatoms. The molecule has 25 heavy (non-hydrogen) atoms. The molecule has 126 valence electrons. The number of ketones is 1. The maximum absolute atomic E-state index is 13.0. The molecule has 3 aromatic rings. The number of aliphatic hydroxyl groups is 1. The fraction of sp³-hybridized carbons (Fsp3) is 0.125. The SMILES string of the molecule is Cc1ccc(C(=O)C2=C(O)C(=O)N(c3nncs3)C2c2ccsc2)s1. The van der Waals surface area contributed by atoms with Crippen LogP contribution in [0.1, 0.15) is 26.2 Å². The van der Waals surface area contributed by atoms with Crippen molar-refractivity contribution in [2.45, 2.75) is 13.0 Å². The summed E-state index contributed by atoms with van der Waals surface area (Å²) in [6.45, 7) is 1.90. The molecular weight excluding hydrogens is 378 g/mol. The first-order valence-corrected chi connectivity index (χ1v) is 9.88. The zero-order chi connectivity index (χ0) is 17.6. The molecule has 1 atom stereocenters. The van der Waals surface area contributed by atoms with Crippen molar-refractivity contribution in [2.75, 3.05) is 4.90 Å². The predicted molar refractivity (Wildman–Crippen MR) is 97.5 cm³/mol. The van der Waals surface area contributed by atoms with E-state index in [1.807, 2.05) is 29.8 Å². The highest BCUT2D eigenvalue weighted by molar-refractivity contribution is 7.14. The van der Waals surface area contributed by atoms with Gasteiger partial charge in [0.25, 0.3) is 5.91 Å². The van der Waals surface area contributed by atoms with Gasteiger partial charge in [0.2, 0.25) is 10.9 Å². The van der Waals surface area contributed by atoms with Gasteiger partial charge in [-0.25, -0.2) is 0 Å². The van der Waals surface area contributed by atoms with Gasteiger partial charge in [-0.2, -0.15) is 11.3 Å². The van der Waals surface area contributed by atoms with Crippen molar-refractivity contribution in [3.63, 3.8) is 0 Å². The quantitative estimate of drug-likeness (QED) is 0.687. The largest absolute Gasteiger partial charge is 0.503 e. The summed E-state index contributed by atoms with van der Waals surface area (Å²) in [7, 11) is 0. The molecule has 0 fully saturated rings. The second kappa shape index (κ2) is 6.17. The summed E-state index contributed by atoms with van der Waals surface area (Å²) in [6, 6.07) is 4.68. The van der Waals surface area contributed by atoms with Gasteiger partial charge in [0.1, 0.15) is 5.51 Å². The second-order valence-corrected chi connectivity index (χ2v) is 8.24. The van der Waals surface area contributed by atoms with Crippen LogP contribution in [0.4, 0.5) is 5.13 Å². The molecule has 0 radical (unpaired) electrons. The molecule has 4 rings (SSSR count). The van der Waals surface area contributed by atoms with E-state index >= 15 is 0 Å². The van der Waals surface area contributed by atoms with Crippen molar-refractivity contribution in [3.8, 4) is 0 Å². The van der Waals surface area contributed by atoms with E-state index in [0.717, 1.165) is 10.4 Å². The van der Waals surface area contributed by atoms with Crippen LogP contribution >= 0.6 is 34.0 Å². The number of anilines is 1. The molecular formula is C16H11N3O3S3. The predicted octanol–water partition coefficient (Wildman–Crippen LogP) is 3.75. The molecule has 1 amide bonds. The summed E-state index contributed by atoms with van der Waals surface area (Å²) >= 11 is 3.98. The zero-order valence-corrected chi connectivity index (χ0v) is 15.3. The third-order valence-electron chi connectivity index (χ3n) is 3.83. The van der Waals surface area contributed by atoms with Crippen LogP contribution in [0.25, 0.3) is 0 Å². The minimum Gasteiger partial charge on any atom is -0.503 e. The van der Waals surface area contributed by atoms with Crippen LogP contribution in [0.5, 0.6) is 0 Å². The maximum atomic E-state index is 13.0. The average molecular weight is 389 g/mol. The van der Waals surface area contributed by atoms with Crippen LogP contribution in [0.3, 0.4) is 0 Å². The monoisotopic (exact) mass is 389 g/mol. The number of aliphatic hydroxyl groups excluding tert-OH is 1. The Labute approximate surface area is 154 Å². The standard InChI is InChI=1S/C16H11N3O3S3/c1-8-2-3-10(25-8)13(20)11-12(9-4-5-23-6-9)19(15(22)14(11)21)16-18-17-7-24-16/h2-7,12,21H,1H3. The molecule has 4 heterocycles. The Morgan fingerprint density at radius 3 is 2.76 bits per heavy atom. The maximum Gasteiger partial charge on any atom is 0.296 e. The molecule has 0 spiro atoms. The minimum absolute atomic E-state index is 0.0838. The molecule has 1 unspecified atom stereocenters. The lowest BCUT2D eigenvalue weighted by molar-refractivity contribution is -0.117. The van der Waals surface area contributed by atoms with E-state index in [0.29, 0.717) is 10.0 Å². The fourth-order valence-electron chi connectivity index (χ4n) is 2.74. The highest BCUT2D eigenvalue weighted by Crippen LogP contribution is 2.43. The van der Waals surface area contributed by atoms with Crippen LogP contribution < -0.4 is 4.90 Å². The number of hydrogen-bond donors (Lipinski definition) is 1. The highest BCUT2D eigenvalue weighted by Gasteiger charge is 2.46. The number of carbonyl (C=O) groups excluding carboxylic acids is 2. The number of hydrogen-bond acceptors (Lipinski definition) is 8. The van der Waals surface area contributed by atoms with E-state index in [2.05, 4.69) is 10.2 Å². The summed E-state index contributed by atoms with van der Waals surface area (Å²) in [6.07, 6.45) is 0. The van der Waals surface area contributed by atoms with Gasteiger partial charge in [-0.3, -0.25) is 14.5 Å². The van der Waals surface area contributed by atoms with Gasteiger partial charge >= 0.3 is 0 Å². The molecule has 1 aliphatic rings. The number of amides is 1. The lowest BCUT2D eigenvalue weighted by Gasteiger charge is -2.22. The Kier molecular flexibility index (Phi) is 3.98. The molecule has 1 aliphatic heterocycles.